The molecule has 1 aromatic heterocycles. The number of fused-ring (bicyclic) bond motifs is 1. The van der Waals surface area contributed by atoms with Gasteiger partial charge >= 0.3 is 0 Å². The van der Waals surface area contributed by atoms with Crippen LogP contribution in [-0.4, -0.2) is 18.0 Å². The highest BCUT2D eigenvalue weighted by molar-refractivity contribution is 8.09. The van der Waals surface area contributed by atoms with Gasteiger partial charge in [-0.15, -0.1) is 23.1 Å². The lowest BCUT2D eigenvalue weighted by atomic mass is 10.2. The van der Waals surface area contributed by atoms with E-state index in [0.29, 0.717) is 0 Å². The maximum absolute atomic E-state index is 4.49. The molecular weight excluding hydrogens is 236 g/mol. The molecule has 0 amide bonds. The average Bonchev–Trinajstić information content (AvgIpc) is 2.84. The molecule has 16 heavy (non-hydrogen) atoms. The van der Waals surface area contributed by atoms with Gasteiger partial charge in [-0.05, 0) is 13.3 Å². The van der Waals surface area contributed by atoms with Gasteiger partial charge in [-0.1, -0.05) is 13.0 Å². The molecule has 2 aliphatic heterocycles. The molecular formula is C12H14N2S2. The van der Waals surface area contributed by atoms with Gasteiger partial charge in [0.2, 0.25) is 0 Å². The van der Waals surface area contributed by atoms with E-state index >= 15 is 0 Å². The highest BCUT2D eigenvalue weighted by Crippen LogP contribution is 2.50. The molecule has 0 saturated carbocycles. The Bertz CT molecular complexity index is 485. The first-order chi connectivity index (χ1) is 7.75. The number of allylic oxidation sites excluding steroid dienone is 1. The number of hydrogen-bond acceptors (Lipinski definition) is 4. The molecule has 84 valence electrons. The number of nitrogens with zero attached hydrogens (tertiary/aromatic N) is 1. The van der Waals surface area contributed by atoms with Crippen molar-refractivity contribution in [1.82, 2.24) is 0 Å². The Labute approximate surface area is 104 Å². The van der Waals surface area contributed by atoms with Crippen LogP contribution in [-0.2, 0) is 0 Å². The van der Waals surface area contributed by atoms with Crippen LogP contribution in [0.3, 0.4) is 0 Å². The van der Waals surface area contributed by atoms with E-state index in [9.17, 15) is 0 Å². The van der Waals surface area contributed by atoms with Crippen LogP contribution in [0.1, 0.15) is 23.1 Å². The molecule has 0 saturated heterocycles. The summed E-state index contributed by atoms with van der Waals surface area (Å²) >= 11 is 3.85. The molecule has 2 aliphatic rings. The van der Waals surface area contributed by atoms with Crippen LogP contribution in [0, 0.1) is 6.92 Å². The lowest BCUT2D eigenvalue weighted by Gasteiger charge is -2.11. The summed E-state index contributed by atoms with van der Waals surface area (Å²) in [6, 6.07) is 0. The van der Waals surface area contributed by atoms with Gasteiger partial charge in [0.1, 0.15) is 5.69 Å². The molecule has 0 spiro atoms. The zero-order valence-corrected chi connectivity index (χ0v) is 11.0. The second-order valence-corrected chi connectivity index (χ2v) is 6.84. The zero-order valence-electron chi connectivity index (χ0n) is 9.41. The Morgan fingerprint density at radius 2 is 2.38 bits per heavy atom. The first-order valence-corrected chi connectivity index (χ1v) is 7.22. The number of aliphatic imine (C=N–C) groups is 1. The third kappa shape index (κ3) is 1.60. The number of thioether (sulfide) groups is 1. The number of hydrogen-bond donors (Lipinski definition) is 1. The second kappa shape index (κ2) is 3.93. The fraction of sp³-hybridized carbons (Fsp3) is 0.417. The number of anilines is 1. The van der Waals surface area contributed by atoms with Crippen molar-refractivity contribution >= 4 is 45.6 Å². The molecule has 0 fully saturated rings. The first-order valence-electron chi connectivity index (χ1n) is 5.52. The van der Waals surface area contributed by atoms with E-state index in [1.165, 1.54) is 26.8 Å². The van der Waals surface area contributed by atoms with Gasteiger partial charge in [0, 0.05) is 21.2 Å². The van der Waals surface area contributed by atoms with E-state index in [1.807, 2.05) is 29.3 Å². The molecule has 0 aliphatic carbocycles. The molecule has 4 heteroatoms. The van der Waals surface area contributed by atoms with Crippen molar-refractivity contribution in [3.8, 4) is 0 Å². The smallest absolute Gasteiger partial charge is 0.100 e. The minimum absolute atomic E-state index is 0.722. The van der Waals surface area contributed by atoms with Crippen molar-refractivity contribution < 1.29 is 0 Å². The standard InChI is InChI=1S/C12H14N2S2/c1-7-3-4-9(15-7)12-11-10(8(2)16-12)13-5-6-14-11/h4-5,7,14H,3,6H2,1-2H3. The van der Waals surface area contributed by atoms with Gasteiger partial charge in [-0.2, -0.15) is 0 Å². The summed E-state index contributed by atoms with van der Waals surface area (Å²) in [6.07, 6.45) is 5.50. The predicted molar refractivity (Wildman–Crippen MR) is 75.3 cm³/mol. The van der Waals surface area contributed by atoms with E-state index in [4.69, 9.17) is 0 Å². The van der Waals surface area contributed by atoms with Crippen molar-refractivity contribution in [3.05, 3.63) is 15.8 Å². The highest BCUT2D eigenvalue weighted by atomic mass is 32.2. The molecule has 0 aromatic carbocycles. The molecule has 1 unspecified atom stereocenters. The van der Waals surface area contributed by atoms with Crippen LogP contribution in [0.15, 0.2) is 11.1 Å². The number of nitrogens with one attached hydrogen (secondary N) is 1. The van der Waals surface area contributed by atoms with Gasteiger partial charge in [0.25, 0.3) is 0 Å². The quantitative estimate of drug-likeness (QED) is 0.813. The molecule has 1 N–H and O–H groups in total. The topological polar surface area (TPSA) is 24.4 Å². The third-order valence-corrected chi connectivity index (χ3v) is 5.31. The number of thiophene rings is 1. The summed E-state index contributed by atoms with van der Waals surface area (Å²) in [6.45, 7) is 5.29. The minimum Gasteiger partial charge on any atom is -0.377 e. The molecule has 3 heterocycles. The maximum atomic E-state index is 4.49. The van der Waals surface area contributed by atoms with E-state index in [0.717, 1.165) is 17.5 Å². The summed E-state index contributed by atoms with van der Waals surface area (Å²) in [5.41, 5.74) is 2.39. The summed E-state index contributed by atoms with van der Waals surface area (Å²) in [5, 5.41) is 4.17. The fourth-order valence-corrected chi connectivity index (χ4v) is 4.36. The van der Waals surface area contributed by atoms with Gasteiger partial charge in [0.05, 0.1) is 17.1 Å². The Morgan fingerprint density at radius 3 is 3.12 bits per heavy atom. The molecule has 0 bridgehead atoms. The average molecular weight is 250 g/mol. The predicted octanol–water partition coefficient (Wildman–Crippen LogP) is 4.05. The lowest BCUT2D eigenvalue weighted by molar-refractivity contribution is 1.00. The van der Waals surface area contributed by atoms with Crippen LogP contribution in [0.25, 0.3) is 4.91 Å². The summed E-state index contributed by atoms with van der Waals surface area (Å²) < 4.78 is 0. The van der Waals surface area contributed by atoms with E-state index in [1.54, 1.807) is 0 Å². The zero-order chi connectivity index (χ0) is 11.1. The van der Waals surface area contributed by atoms with E-state index in [-0.39, 0.29) is 0 Å². The molecule has 1 aromatic rings. The van der Waals surface area contributed by atoms with Crippen LogP contribution in [0.5, 0.6) is 0 Å². The fourth-order valence-electron chi connectivity index (χ4n) is 2.05. The van der Waals surface area contributed by atoms with E-state index < -0.39 is 0 Å². The van der Waals surface area contributed by atoms with Crippen LogP contribution < -0.4 is 5.32 Å². The summed E-state index contributed by atoms with van der Waals surface area (Å²) in [7, 11) is 0. The molecule has 1 atom stereocenters. The largest absolute Gasteiger partial charge is 0.377 e. The van der Waals surface area contributed by atoms with Crippen LogP contribution >= 0.6 is 23.1 Å². The van der Waals surface area contributed by atoms with Crippen molar-refractivity contribution in [3.63, 3.8) is 0 Å². The van der Waals surface area contributed by atoms with Crippen LogP contribution in [0.2, 0.25) is 0 Å². The first kappa shape index (κ1) is 10.4. The van der Waals surface area contributed by atoms with Gasteiger partial charge in [-0.25, -0.2) is 0 Å². The number of rotatable bonds is 1. The Balaban J connectivity index is 2.05. The van der Waals surface area contributed by atoms with Crippen molar-refractivity contribution in [1.29, 1.82) is 0 Å². The van der Waals surface area contributed by atoms with Crippen molar-refractivity contribution in [2.75, 3.05) is 11.9 Å². The van der Waals surface area contributed by atoms with E-state index in [2.05, 4.69) is 30.2 Å². The Kier molecular flexibility index (Phi) is 2.56. The van der Waals surface area contributed by atoms with Crippen LogP contribution in [0.4, 0.5) is 11.4 Å². The van der Waals surface area contributed by atoms with Gasteiger partial charge < -0.3 is 5.32 Å². The van der Waals surface area contributed by atoms with Gasteiger partial charge in [0.15, 0.2) is 0 Å². The Morgan fingerprint density at radius 1 is 1.50 bits per heavy atom. The third-order valence-electron chi connectivity index (χ3n) is 2.83. The Hall–Kier alpha value is -0.740. The monoisotopic (exact) mass is 250 g/mol. The molecule has 0 radical (unpaired) electrons. The van der Waals surface area contributed by atoms with Gasteiger partial charge in [-0.3, -0.25) is 4.99 Å². The summed E-state index contributed by atoms with van der Waals surface area (Å²) in [5.74, 6) is 0. The van der Waals surface area contributed by atoms with Crippen molar-refractivity contribution in [2.45, 2.75) is 25.5 Å². The normalized spacial score (nSPS) is 22.9. The maximum Gasteiger partial charge on any atom is 0.100 e. The van der Waals surface area contributed by atoms with Crippen molar-refractivity contribution in [2.24, 2.45) is 4.99 Å². The second-order valence-electron chi connectivity index (χ2n) is 4.14. The molecule has 3 rings (SSSR count). The number of aryl methyl sites for hydroxylation is 1. The molecule has 2 nitrogen and oxygen atoms in total. The highest BCUT2D eigenvalue weighted by Gasteiger charge is 2.23. The minimum atomic E-state index is 0.722. The lowest BCUT2D eigenvalue weighted by Crippen LogP contribution is -2.06. The SMILES string of the molecule is Cc1sc(C2=CCC(C)S2)c2c1N=CCN2. The summed E-state index contributed by atoms with van der Waals surface area (Å²) in [4.78, 5) is 8.63.